The number of carbonyl (C=O) groups is 1. The number of Topliss-reactive ketones (excluding diaryl/α,β-unsaturated/α-hetero) is 1. The van der Waals surface area contributed by atoms with E-state index in [1.807, 2.05) is 19.9 Å². The van der Waals surface area contributed by atoms with Gasteiger partial charge in [-0.05, 0) is 18.1 Å². The number of hydrogen-bond acceptors (Lipinski definition) is 5. The molecule has 0 amide bonds. The summed E-state index contributed by atoms with van der Waals surface area (Å²) in [7, 11) is -3.59. The van der Waals surface area contributed by atoms with Gasteiger partial charge in [-0.25, -0.2) is 8.42 Å². The number of nitrogens with zero attached hydrogens (tertiary/aromatic N) is 3. The molecule has 0 saturated heterocycles. The fourth-order valence-electron chi connectivity index (χ4n) is 2.25. The molecule has 0 aliphatic rings. The maximum atomic E-state index is 12.4. The molecule has 6 nitrogen and oxygen atoms in total. The van der Waals surface area contributed by atoms with Gasteiger partial charge in [0.1, 0.15) is 10.8 Å². The van der Waals surface area contributed by atoms with Crippen molar-refractivity contribution in [3.63, 3.8) is 0 Å². The van der Waals surface area contributed by atoms with E-state index in [0.29, 0.717) is 19.5 Å². The molecule has 7 heteroatoms. The van der Waals surface area contributed by atoms with Crippen molar-refractivity contribution in [2.75, 3.05) is 13.1 Å². The van der Waals surface area contributed by atoms with E-state index in [9.17, 15) is 18.5 Å². The Morgan fingerprint density at radius 2 is 1.91 bits per heavy atom. The Morgan fingerprint density at radius 3 is 2.30 bits per heavy atom. The number of carbonyl (C=O) groups excluding carboxylic acids is 1. The van der Waals surface area contributed by atoms with Gasteiger partial charge in [0.05, 0.1) is 11.8 Å². The first kappa shape index (κ1) is 19.3. The minimum absolute atomic E-state index is 0.0675. The molecule has 0 N–H and O–H groups in total. The summed E-state index contributed by atoms with van der Waals surface area (Å²) in [6.45, 7) is 8.07. The summed E-state index contributed by atoms with van der Waals surface area (Å²) in [5.74, 6) is -1.00. The molecule has 0 aromatic carbocycles. The molecule has 0 unspecified atom stereocenters. The lowest BCUT2D eigenvalue weighted by Gasteiger charge is -2.18. The van der Waals surface area contributed by atoms with Crippen LogP contribution in [0.3, 0.4) is 0 Å². The molecular formula is C16H23N3O3S. The molecule has 0 fully saturated rings. The highest BCUT2D eigenvalue weighted by Crippen LogP contribution is 2.21. The van der Waals surface area contributed by atoms with Crippen LogP contribution in [0.4, 0.5) is 0 Å². The van der Waals surface area contributed by atoms with Gasteiger partial charge in [0.2, 0.25) is 10.0 Å². The fourth-order valence-corrected chi connectivity index (χ4v) is 3.65. The van der Waals surface area contributed by atoms with E-state index in [1.54, 1.807) is 13.8 Å². The second kappa shape index (κ2) is 8.18. The first-order chi connectivity index (χ1) is 10.8. The number of hydrogen-bond donors (Lipinski definition) is 0. The van der Waals surface area contributed by atoms with E-state index in [2.05, 4.69) is 4.98 Å². The summed E-state index contributed by atoms with van der Waals surface area (Å²) in [6, 6.07) is 4.81. The first-order valence-corrected chi connectivity index (χ1v) is 9.10. The molecule has 0 saturated carbocycles. The van der Waals surface area contributed by atoms with Crippen molar-refractivity contribution in [1.29, 1.82) is 5.26 Å². The Kier molecular flexibility index (Phi) is 6.85. The summed E-state index contributed by atoms with van der Waals surface area (Å²) in [5.41, 5.74) is 0.289. The quantitative estimate of drug-likeness (QED) is 0.726. The van der Waals surface area contributed by atoms with Gasteiger partial charge in [-0.15, -0.1) is 0 Å². The number of rotatable bonds is 8. The van der Waals surface area contributed by atoms with Crippen molar-refractivity contribution in [2.24, 2.45) is 5.92 Å². The van der Waals surface area contributed by atoms with Gasteiger partial charge in [-0.3, -0.25) is 9.78 Å². The van der Waals surface area contributed by atoms with E-state index in [-0.39, 0.29) is 22.3 Å². The highest BCUT2D eigenvalue weighted by Gasteiger charge is 2.25. The highest BCUT2D eigenvalue weighted by molar-refractivity contribution is 7.89. The Bertz CT molecular complexity index is 672. The van der Waals surface area contributed by atoms with Crippen molar-refractivity contribution in [1.82, 2.24) is 9.29 Å². The topological polar surface area (TPSA) is 91.1 Å². The molecule has 0 bridgehead atoms. The lowest BCUT2D eigenvalue weighted by molar-refractivity contribution is -0.120. The van der Waals surface area contributed by atoms with Crippen molar-refractivity contribution in [3.05, 3.63) is 24.0 Å². The monoisotopic (exact) mass is 337 g/mol. The fraction of sp³-hybridized carbons (Fsp3) is 0.562. The molecule has 0 aliphatic heterocycles. The predicted molar refractivity (Wildman–Crippen MR) is 87.2 cm³/mol. The molecule has 1 heterocycles. The third-order valence-electron chi connectivity index (χ3n) is 3.46. The minimum Gasteiger partial charge on any atom is -0.298 e. The second-order valence-corrected chi connectivity index (χ2v) is 7.57. The largest absolute Gasteiger partial charge is 0.298 e. The molecule has 0 radical (unpaired) electrons. The Morgan fingerprint density at radius 1 is 1.30 bits per heavy atom. The molecular weight excluding hydrogens is 314 g/mol. The maximum absolute atomic E-state index is 12.4. The van der Waals surface area contributed by atoms with E-state index in [4.69, 9.17) is 0 Å². The van der Waals surface area contributed by atoms with Crippen LogP contribution in [0.5, 0.6) is 0 Å². The third-order valence-corrected chi connectivity index (χ3v) is 5.49. The van der Waals surface area contributed by atoms with E-state index in [1.165, 1.54) is 22.6 Å². The van der Waals surface area contributed by atoms with Gasteiger partial charge in [0.15, 0.2) is 5.78 Å². The van der Waals surface area contributed by atoms with Crippen LogP contribution >= 0.6 is 0 Å². The number of nitriles is 1. The molecule has 1 aromatic heterocycles. The molecule has 1 aromatic rings. The number of sulfonamides is 1. The van der Waals surface area contributed by atoms with Gasteiger partial charge in [0.25, 0.3) is 0 Å². The number of pyridine rings is 1. The zero-order valence-electron chi connectivity index (χ0n) is 14.0. The normalized spacial score (nSPS) is 13.1. The van der Waals surface area contributed by atoms with Crippen molar-refractivity contribution in [3.8, 4) is 6.07 Å². The average molecular weight is 337 g/mol. The molecule has 126 valence electrons. The predicted octanol–water partition coefficient (Wildman–Crippen LogP) is 2.33. The van der Waals surface area contributed by atoms with Crippen LogP contribution in [-0.2, 0) is 14.8 Å². The second-order valence-electron chi connectivity index (χ2n) is 5.63. The summed E-state index contributed by atoms with van der Waals surface area (Å²) in [6.07, 6.45) is 1.51. The number of aromatic nitrogens is 1. The SMILES string of the molecule is CCN(CC)S(=O)(=O)c1ccc([C@H](C#N)C(=O)CC(C)C)nc1. The van der Waals surface area contributed by atoms with Gasteiger partial charge in [-0.1, -0.05) is 27.7 Å². The lowest BCUT2D eigenvalue weighted by atomic mass is 9.94. The van der Waals surface area contributed by atoms with Crippen LogP contribution in [0.25, 0.3) is 0 Å². The lowest BCUT2D eigenvalue weighted by Crippen LogP contribution is -2.30. The van der Waals surface area contributed by atoms with E-state index in [0.717, 1.165) is 0 Å². The smallest absolute Gasteiger partial charge is 0.244 e. The van der Waals surface area contributed by atoms with Crippen molar-refractivity contribution >= 4 is 15.8 Å². The van der Waals surface area contributed by atoms with Crippen LogP contribution in [0.15, 0.2) is 23.2 Å². The third kappa shape index (κ3) is 4.60. The average Bonchev–Trinajstić information content (AvgIpc) is 2.48. The molecule has 1 atom stereocenters. The molecule has 1 rings (SSSR count). The van der Waals surface area contributed by atoms with Crippen LogP contribution in [0.2, 0.25) is 0 Å². The van der Waals surface area contributed by atoms with Crippen LogP contribution in [-0.4, -0.2) is 36.6 Å². The zero-order valence-corrected chi connectivity index (χ0v) is 14.8. The maximum Gasteiger partial charge on any atom is 0.244 e. The zero-order chi connectivity index (χ0) is 17.6. The van der Waals surface area contributed by atoms with Gasteiger partial charge >= 0.3 is 0 Å². The molecule has 23 heavy (non-hydrogen) atoms. The summed E-state index contributed by atoms with van der Waals surface area (Å²) in [4.78, 5) is 16.2. The summed E-state index contributed by atoms with van der Waals surface area (Å²) >= 11 is 0. The Hall–Kier alpha value is -1.78. The van der Waals surface area contributed by atoms with E-state index >= 15 is 0 Å². The Labute approximate surface area is 138 Å². The van der Waals surface area contributed by atoms with Crippen LogP contribution < -0.4 is 0 Å². The van der Waals surface area contributed by atoms with Crippen molar-refractivity contribution in [2.45, 2.75) is 44.9 Å². The van der Waals surface area contributed by atoms with Gasteiger partial charge in [-0.2, -0.15) is 9.57 Å². The minimum atomic E-state index is -3.59. The molecule has 0 spiro atoms. The van der Waals surface area contributed by atoms with E-state index < -0.39 is 15.9 Å². The highest BCUT2D eigenvalue weighted by atomic mass is 32.2. The van der Waals surface area contributed by atoms with Crippen LogP contribution in [0, 0.1) is 17.2 Å². The van der Waals surface area contributed by atoms with Gasteiger partial charge in [0, 0.05) is 25.7 Å². The Balaban J connectivity index is 3.08. The van der Waals surface area contributed by atoms with Crippen molar-refractivity contribution < 1.29 is 13.2 Å². The summed E-state index contributed by atoms with van der Waals surface area (Å²) in [5, 5.41) is 9.22. The van der Waals surface area contributed by atoms with Crippen LogP contribution in [0.1, 0.15) is 45.7 Å². The summed E-state index contributed by atoms with van der Waals surface area (Å²) < 4.78 is 26.1. The molecule has 0 aliphatic carbocycles. The van der Waals surface area contributed by atoms with Gasteiger partial charge < -0.3 is 0 Å². The standard InChI is InChI=1S/C16H23N3O3S/c1-5-19(6-2)23(21,22)13-7-8-15(18-11-13)14(10-17)16(20)9-12(3)4/h7-8,11-12,14H,5-6,9H2,1-4H3/t14-/m0/s1. The first-order valence-electron chi connectivity index (χ1n) is 7.66. The number of ketones is 1.